The van der Waals surface area contributed by atoms with Gasteiger partial charge in [0.25, 0.3) is 0 Å². The van der Waals surface area contributed by atoms with Crippen LogP contribution in [0.2, 0.25) is 0 Å². The monoisotopic (exact) mass is 578 g/mol. The Bertz CT molecular complexity index is 1280. The number of benzene rings is 2. The Balaban J connectivity index is 1.31. The Morgan fingerprint density at radius 3 is 1.29 bits per heavy atom. The van der Waals surface area contributed by atoms with Crippen LogP contribution in [-0.4, -0.2) is 76.4 Å². The third-order valence-corrected chi connectivity index (χ3v) is 7.83. The highest BCUT2D eigenvalue weighted by atomic mass is 19.1. The average molecular weight is 579 g/mol. The molecule has 0 N–H and O–H groups in total. The molecule has 0 radical (unpaired) electrons. The lowest BCUT2D eigenvalue weighted by Crippen LogP contribution is -2.50. The highest BCUT2D eigenvalue weighted by Gasteiger charge is 2.34. The van der Waals surface area contributed by atoms with Gasteiger partial charge in [-0.25, -0.2) is 18.1 Å². The molecule has 0 spiro atoms. The Hall–Kier alpha value is -3.64. The molecule has 0 aliphatic carbocycles. The molecule has 1 saturated heterocycles. The molecule has 1 aliphatic heterocycles. The van der Waals surface area contributed by atoms with Gasteiger partial charge in [0, 0.05) is 26.2 Å². The number of nitrogens with zero attached hydrogens (tertiary/aromatic N) is 10. The van der Waals surface area contributed by atoms with Gasteiger partial charge in [-0.15, -0.1) is 10.2 Å². The summed E-state index contributed by atoms with van der Waals surface area (Å²) in [4.78, 5) is 4.97. The summed E-state index contributed by atoms with van der Waals surface area (Å²) in [5.74, 6) is 2.06. The SMILES string of the molecule is CC(C)C[C@H](c1nnnn1Cc1ccc(F)cc1)N1CCN([C@@H](CC(C)C)c2nnnn2Cc2ccc(F)cc2)CC1. The molecular formula is C30H40F2N10. The summed E-state index contributed by atoms with van der Waals surface area (Å²) >= 11 is 0. The van der Waals surface area contributed by atoms with Crippen molar-refractivity contribution in [1.29, 1.82) is 0 Å². The molecule has 5 rings (SSSR count). The van der Waals surface area contributed by atoms with Crippen molar-refractivity contribution in [2.45, 2.75) is 65.7 Å². The summed E-state index contributed by atoms with van der Waals surface area (Å²) in [6.07, 6.45) is 1.85. The summed E-state index contributed by atoms with van der Waals surface area (Å²) in [6, 6.07) is 13.1. The van der Waals surface area contributed by atoms with Crippen molar-refractivity contribution >= 4 is 0 Å². The quantitative estimate of drug-likeness (QED) is 0.242. The maximum atomic E-state index is 13.5. The first-order valence-electron chi connectivity index (χ1n) is 14.8. The minimum atomic E-state index is -0.258. The molecule has 0 bridgehead atoms. The molecule has 1 aliphatic rings. The zero-order valence-electron chi connectivity index (χ0n) is 24.8. The van der Waals surface area contributed by atoms with Crippen molar-refractivity contribution < 1.29 is 8.78 Å². The molecular weight excluding hydrogens is 538 g/mol. The number of hydrogen-bond acceptors (Lipinski definition) is 8. The third-order valence-electron chi connectivity index (χ3n) is 7.83. The average Bonchev–Trinajstić information content (AvgIpc) is 3.62. The standard InChI is InChI=1S/C30H40F2N10/c1-21(2)17-27(29-33-35-37-41(29)19-23-5-9-25(31)10-6-23)39-13-15-40(16-14-39)28(18-22(3)4)30-34-36-38-42(30)20-24-7-11-26(32)12-8-24/h5-12,21-22,27-28H,13-20H2,1-4H3/t27-,28+. The van der Waals surface area contributed by atoms with E-state index in [1.54, 1.807) is 24.3 Å². The fourth-order valence-corrected chi connectivity index (χ4v) is 5.74. The molecule has 0 saturated carbocycles. The van der Waals surface area contributed by atoms with Crippen molar-refractivity contribution in [2.24, 2.45) is 11.8 Å². The van der Waals surface area contributed by atoms with Gasteiger partial charge >= 0.3 is 0 Å². The summed E-state index contributed by atoms with van der Waals surface area (Å²) in [6.45, 7) is 13.3. The van der Waals surface area contributed by atoms with Gasteiger partial charge in [0.1, 0.15) is 11.6 Å². The van der Waals surface area contributed by atoms with Crippen molar-refractivity contribution in [3.63, 3.8) is 0 Å². The minimum Gasteiger partial charge on any atom is -0.291 e. The van der Waals surface area contributed by atoms with Crippen molar-refractivity contribution in [1.82, 2.24) is 50.2 Å². The van der Waals surface area contributed by atoms with Crippen LogP contribution in [-0.2, 0) is 13.1 Å². The molecule has 224 valence electrons. The second-order valence-electron chi connectivity index (χ2n) is 12.0. The summed E-state index contributed by atoms with van der Waals surface area (Å²) in [5.41, 5.74) is 1.90. The number of halogens is 2. The van der Waals surface area contributed by atoms with Crippen molar-refractivity contribution in [2.75, 3.05) is 26.2 Å². The Morgan fingerprint density at radius 1 is 0.595 bits per heavy atom. The van der Waals surface area contributed by atoms with Crippen molar-refractivity contribution in [3.05, 3.63) is 82.9 Å². The van der Waals surface area contributed by atoms with E-state index in [-0.39, 0.29) is 23.7 Å². The number of tetrazole rings is 2. The molecule has 2 atom stereocenters. The zero-order chi connectivity index (χ0) is 29.6. The molecule has 2 aromatic heterocycles. The predicted octanol–water partition coefficient (Wildman–Crippen LogP) is 4.53. The zero-order valence-corrected chi connectivity index (χ0v) is 24.8. The fourth-order valence-electron chi connectivity index (χ4n) is 5.74. The van der Waals surface area contributed by atoms with Gasteiger partial charge in [0.2, 0.25) is 0 Å². The second-order valence-corrected chi connectivity index (χ2v) is 12.0. The van der Waals surface area contributed by atoms with Gasteiger partial charge in [-0.2, -0.15) is 0 Å². The van der Waals surface area contributed by atoms with Crippen LogP contribution in [0.4, 0.5) is 8.78 Å². The minimum absolute atomic E-state index is 0.0648. The lowest BCUT2D eigenvalue weighted by Gasteiger charge is -2.42. The maximum Gasteiger partial charge on any atom is 0.168 e. The molecule has 12 heteroatoms. The van der Waals surface area contributed by atoms with E-state index in [1.165, 1.54) is 24.3 Å². The topological polar surface area (TPSA) is 93.7 Å². The lowest BCUT2D eigenvalue weighted by molar-refractivity contribution is 0.0475. The molecule has 4 aromatic rings. The lowest BCUT2D eigenvalue weighted by atomic mass is 9.98. The van der Waals surface area contributed by atoms with Gasteiger partial charge < -0.3 is 0 Å². The van der Waals surface area contributed by atoms with E-state index >= 15 is 0 Å². The number of piperazine rings is 1. The van der Waals surface area contributed by atoms with Crippen molar-refractivity contribution in [3.8, 4) is 0 Å². The van der Waals surface area contributed by atoms with Crippen LogP contribution in [0.15, 0.2) is 48.5 Å². The maximum absolute atomic E-state index is 13.5. The van der Waals surface area contributed by atoms with E-state index in [0.29, 0.717) is 24.9 Å². The molecule has 1 fully saturated rings. The van der Waals surface area contributed by atoms with Crippen LogP contribution >= 0.6 is 0 Å². The number of hydrogen-bond donors (Lipinski definition) is 0. The van der Waals surface area contributed by atoms with E-state index in [2.05, 4.69) is 68.5 Å². The Morgan fingerprint density at radius 2 is 0.952 bits per heavy atom. The third kappa shape index (κ3) is 7.40. The van der Waals surface area contributed by atoms with Crippen LogP contribution in [0.3, 0.4) is 0 Å². The second kappa shape index (κ2) is 13.6. The molecule has 42 heavy (non-hydrogen) atoms. The van der Waals surface area contributed by atoms with Gasteiger partial charge in [-0.3, -0.25) is 9.80 Å². The molecule has 10 nitrogen and oxygen atoms in total. The molecule has 0 unspecified atom stereocenters. The van der Waals surface area contributed by atoms with E-state index in [9.17, 15) is 8.78 Å². The Labute approximate surface area is 245 Å². The Kier molecular flexibility index (Phi) is 9.63. The van der Waals surface area contributed by atoms with Gasteiger partial charge in [-0.1, -0.05) is 52.0 Å². The van der Waals surface area contributed by atoms with Crippen LogP contribution in [0.1, 0.15) is 75.4 Å². The summed E-state index contributed by atoms with van der Waals surface area (Å²) < 4.78 is 30.6. The predicted molar refractivity (Wildman–Crippen MR) is 154 cm³/mol. The van der Waals surface area contributed by atoms with Gasteiger partial charge in [0.15, 0.2) is 11.6 Å². The highest BCUT2D eigenvalue weighted by Crippen LogP contribution is 2.32. The van der Waals surface area contributed by atoms with Crippen LogP contribution in [0.25, 0.3) is 0 Å². The largest absolute Gasteiger partial charge is 0.291 e. The smallest absolute Gasteiger partial charge is 0.168 e. The molecule has 0 amide bonds. The van der Waals surface area contributed by atoms with E-state index < -0.39 is 0 Å². The first-order valence-corrected chi connectivity index (χ1v) is 14.8. The molecule has 3 heterocycles. The highest BCUT2D eigenvalue weighted by molar-refractivity contribution is 5.17. The number of aromatic nitrogens is 8. The van der Waals surface area contributed by atoms with Crippen LogP contribution in [0.5, 0.6) is 0 Å². The summed E-state index contributed by atoms with van der Waals surface area (Å²) in [5, 5.41) is 25.6. The fraction of sp³-hybridized carbons (Fsp3) is 0.533. The number of rotatable bonds is 12. The van der Waals surface area contributed by atoms with Gasteiger partial charge in [0.05, 0.1) is 25.2 Å². The van der Waals surface area contributed by atoms with Crippen LogP contribution < -0.4 is 0 Å². The normalized spacial score (nSPS) is 16.4. The van der Waals surface area contributed by atoms with Crippen LogP contribution in [0, 0.1) is 23.5 Å². The van der Waals surface area contributed by atoms with E-state index in [0.717, 1.165) is 61.8 Å². The van der Waals surface area contributed by atoms with Gasteiger partial charge in [-0.05, 0) is 80.9 Å². The van der Waals surface area contributed by atoms with E-state index in [1.807, 2.05) is 9.36 Å². The summed E-state index contributed by atoms with van der Waals surface area (Å²) in [7, 11) is 0. The van der Waals surface area contributed by atoms with E-state index in [4.69, 9.17) is 0 Å². The first-order chi connectivity index (χ1) is 20.3. The molecule has 2 aromatic carbocycles. The first kappa shape index (κ1) is 29.8.